The second-order valence-electron chi connectivity index (χ2n) is 3.62. The van der Waals surface area contributed by atoms with Gasteiger partial charge in [0.15, 0.2) is 0 Å². The Morgan fingerprint density at radius 3 is 2.93 bits per heavy atom. The van der Waals surface area contributed by atoms with Gasteiger partial charge in [0.2, 0.25) is 5.91 Å². The zero-order valence-electron chi connectivity index (χ0n) is 7.79. The molecule has 0 aliphatic heterocycles. The number of benzene rings is 1. The molecule has 1 saturated carbocycles. The molecule has 0 heterocycles. The Labute approximate surface area is 88.3 Å². The molecule has 0 atom stereocenters. The summed E-state index contributed by atoms with van der Waals surface area (Å²) >= 11 is 5.82. The fraction of sp³-hybridized carbons (Fsp3) is 0.364. The number of amides is 1. The number of carbonyl (C=O) groups is 1. The first kappa shape index (κ1) is 9.53. The molecule has 74 valence electrons. The molecule has 2 nitrogen and oxygen atoms in total. The molecule has 0 unspecified atom stereocenters. The lowest BCUT2D eigenvalue weighted by Crippen LogP contribution is -2.24. The second-order valence-corrected chi connectivity index (χ2v) is 4.06. The predicted molar refractivity (Wildman–Crippen MR) is 56.0 cm³/mol. The van der Waals surface area contributed by atoms with Gasteiger partial charge in [-0.15, -0.1) is 0 Å². The minimum atomic E-state index is 0.171. The molecule has 1 aromatic carbocycles. The minimum Gasteiger partial charge on any atom is -0.352 e. The first-order valence-electron chi connectivity index (χ1n) is 4.78. The Kier molecular flexibility index (Phi) is 2.73. The summed E-state index contributed by atoms with van der Waals surface area (Å²) in [7, 11) is 0. The van der Waals surface area contributed by atoms with E-state index >= 15 is 0 Å². The van der Waals surface area contributed by atoms with Crippen LogP contribution in [0.3, 0.4) is 0 Å². The van der Waals surface area contributed by atoms with Crippen molar-refractivity contribution >= 4 is 17.5 Å². The number of rotatable bonds is 3. The van der Waals surface area contributed by atoms with Crippen LogP contribution in [0.1, 0.15) is 18.4 Å². The van der Waals surface area contributed by atoms with Crippen LogP contribution in [0.25, 0.3) is 0 Å². The fourth-order valence-corrected chi connectivity index (χ4v) is 1.54. The highest BCUT2D eigenvalue weighted by atomic mass is 35.5. The van der Waals surface area contributed by atoms with E-state index in [0.29, 0.717) is 11.6 Å². The molecule has 0 bridgehead atoms. The monoisotopic (exact) mass is 209 g/mol. The SMILES string of the molecule is O=C(NCc1cccc(Cl)c1)C1CC1. The summed E-state index contributed by atoms with van der Waals surface area (Å²) < 4.78 is 0. The van der Waals surface area contributed by atoms with Gasteiger partial charge in [0.25, 0.3) is 0 Å². The summed E-state index contributed by atoms with van der Waals surface area (Å²) in [5.74, 6) is 0.444. The van der Waals surface area contributed by atoms with Crippen LogP contribution in [0, 0.1) is 5.92 Å². The van der Waals surface area contributed by atoms with Gasteiger partial charge >= 0.3 is 0 Å². The molecule has 3 heteroatoms. The van der Waals surface area contributed by atoms with Gasteiger partial charge in [0.1, 0.15) is 0 Å². The number of carbonyl (C=O) groups excluding carboxylic acids is 1. The maximum atomic E-state index is 11.3. The van der Waals surface area contributed by atoms with Crippen molar-refractivity contribution in [3.8, 4) is 0 Å². The third-order valence-electron chi connectivity index (χ3n) is 2.30. The largest absolute Gasteiger partial charge is 0.352 e. The van der Waals surface area contributed by atoms with Crippen LogP contribution in [0.5, 0.6) is 0 Å². The van der Waals surface area contributed by atoms with Crippen molar-refractivity contribution in [1.82, 2.24) is 5.32 Å². The Balaban J connectivity index is 1.87. The number of halogens is 1. The van der Waals surface area contributed by atoms with Crippen LogP contribution in [0.2, 0.25) is 5.02 Å². The summed E-state index contributed by atoms with van der Waals surface area (Å²) in [5.41, 5.74) is 1.05. The van der Waals surface area contributed by atoms with Gasteiger partial charge in [0.05, 0.1) is 0 Å². The quantitative estimate of drug-likeness (QED) is 0.814. The van der Waals surface area contributed by atoms with Crippen LogP contribution >= 0.6 is 11.6 Å². The molecule has 1 N–H and O–H groups in total. The lowest BCUT2D eigenvalue weighted by molar-refractivity contribution is -0.122. The molecule has 0 radical (unpaired) electrons. The Hall–Kier alpha value is -1.02. The summed E-state index contributed by atoms with van der Waals surface area (Å²) in [5, 5.41) is 3.60. The molecule has 14 heavy (non-hydrogen) atoms. The fourth-order valence-electron chi connectivity index (χ4n) is 1.33. The predicted octanol–water partition coefficient (Wildman–Crippen LogP) is 2.37. The van der Waals surface area contributed by atoms with Crippen molar-refractivity contribution in [2.45, 2.75) is 19.4 Å². The van der Waals surface area contributed by atoms with Crippen molar-refractivity contribution in [2.75, 3.05) is 0 Å². The van der Waals surface area contributed by atoms with Crippen LogP contribution < -0.4 is 5.32 Å². The maximum absolute atomic E-state index is 11.3. The number of nitrogens with one attached hydrogen (secondary N) is 1. The summed E-state index contributed by atoms with van der Waals surface area (Å²) in [6.07, 6.45) is 2.09. The maximum Gasteiger partial charge on any atom is 0.223 e. The smallest absolute Gasteiger partial charge is 0.223 e. The van der Waals surface area contributed by atoms with Gasteiger partial charge in [-0.1, -0.05) is 23.7 Å². The van der Waals surface area contributed by atoms with Crippen molar-refractivity contribution in [2.24, 2.45) is 5.92 Å². The molecule has 0 spiro atoms. The molecule has 0 aromatic heterocycles. The van der Waals surface area contributed by atoms with Crippen molar-refractivity contribution in [3.63, 3.8) is 0 Å². The van der Waals surface area contributed by atoms with Crippen LogP contribution in [-0.4, -0.2) is 5.91 Å². The second kappa shape index (κ2) is 4.01. The number of hydrogen-bond donors (Lipinski definition) is 1. The molecular weight excluding hydrogens is 198 g/mol. The molecule has 1 fully saturated rings. The Morgan fingerprint density at radius 2 is 2.29 bits per heavy atom. The van der Waals surface area contributed by atoms with E-state index in [1.165, 1.54) is 0 Å². The van der Waals surface area contributed by atoms with Crippen molar-refractivity contribution in [3.05, 3.63) is 34.9 Å². The van der Waals surface area contributed by atoms with Gasteiger partial charge in [-0.05, 0) is 30.5 Å². The Bertz CT molecular complexity index is 347. The molecule has 1 aliphatic rings. The van der Waals surface area contributed by atoms with E-state index in [4.69, 9.17) is 11.6 Å². The van der Waals surface area contributed by atoms with E-state index in [2.05, 4.69) is 5.32 Å². The van der Waals surface area contributed by atoms with Crippen LogP contribution in [0.4, 0.5) is 0 Å². The van der Waals surface area contributed by atoms with Crippen molar-refractivity contribution < 1.29 is 4.79 Å². The van der Waals surface area contributed by atoms with Gasteiger partial charge in [-0.25, -0.2) is 0 Å². The topological polar surface area (TPSA) is 29.1 Å². The van der Waals surface area contributed by atoms with Gasteiger partial charge < -0.3 is 5.32 Å². The molecule has 1 aromatic rings. The van der Waals surface area contributed by atoms with Gasteiger partial charge in [-0.3, -0.25) is 4.79 Å². The Morgan fingerprint density at radius 1 is 1.50 bits per heavy atom. The first-order valence-corrected chi connectivity index (χ1v) is 5.15. The summed E-state index contributed by atoms with van der Waals surface area (Å²) in [6.45, 7) is 0.579. The standard InChI is InChI=1S/C11H12ClNO/c12-10-3-1-2-8(6-10)7-13-11(14)9-4-5-9/h1-3,6,9H,4-5,7H2,(H,13,14). The van der Waals surface area contributed by atoms with E-state index in [9.17, 15) is 4.79 Å². The lowest BCUT2D eigenvalue weighted by Gasteiger charge is -2.04. The van der Waals surface area contributed by atoms with E-state index in [1.807, 2.05) is 24.3 Å². The minimum absolute atomic E-state index is 0.171. The highest BCUT2D eigenvalue weighted by Crippen LogP contribution is 2.28. The summed E-state index contributed by atoms with van der Waals surface area (Å²) in [6, 6.07) is 7.54. The molecule has 2 rings (SSSR count). The highest BCUT2D eigenvalue weighted by molar-refractivity contribution is 6.30. The average molecular weight is 210 g/mol. The molecule has 1 amide bonds. The van der Waals surface area contributed by atoms with Gasteiger partial charge in [-0.2, -0.15) is 0 Å². The zero-order chi connectivity index (χ0) is 9.97. The van der Waals surface area contributed by atoms with E-state index in [1.54, 1.807) is 0 Å². The highest BCUT2D eigenvalue weighted by Gasteiger charge is 2.29. The zero-order valence-corrected chi connectivity index (χ0v) is 8.55. The van der Waals surface area contributed by atoms with E-state index in [0.717, 1.165) is 18.4 Å². The van der Waals surface area contributed by atoms with E-state index in [-0.39, 0.29) is 11.8 Å². The van der Waals surface area contributed by atoms with E-state index < -0.39 is 0 Å². The molecule has 1 aliphatic carbocycles. The van der Waals surface area contributed by atoms with Crippen LogP contribution in [-0.2, 0) is 11.3 Å². The average Bonchev–Trinajstić information content (AvgIpc) is 2.97. The summed E-state index contributed by atoms with van der Waals surface area (Å²) in [4.78, 5) is 11.3. The lowest BCUT2D eigenvalue weighted by atomic mass is 10.2. The third-order valence-corrected chi connectivity index (χ3v) is 2.54. The third kappa shape index (κ3) is 2.48. The normalized spacial score (nSPS) is 15.2. The van der Waals surface area contributed by atoms with Crippen LogP contribution in [0.15, 0.2) is 24.3 Å². The van der Waals surface area contributed by atoms with Crippen molar-refractivity contribution in [1.29, 1.82) is 0 Å². The number of hydrogen-bond acceptors (Lipinski definition) is 1. The molecule has 0 saturated heterocycles. The van der Waals surface area contributed by atoms with Gasteiger partial charge in [0, 0.05) is 17.5 Å². The molecular formula is C11H12ClNO. The first-order chi connectivity index (χ1) is 6.75.